The fraction of sp³-hybridized carbons (Fsp3) is 0.636. The van der Waals surface area contributed by atoms with Gasteiger partial charge in [-0.3, -0.25) is 0 Å². The highest BCUT2D eigenvalue weighted by Crippen LogP contribution is 2.25. The molecule has 0 N–H and O–H groups in total. The molecule has 16 heavy (non-hydrogen) atoms. The highest BCUT2D eigenvalue weighted by Gasteiger charge is 2.27. The molecule has 0 bridgehead atoms. The Labute approximate surface area is 110 Å². The second kappa shape index (κ2) is 5.27. The molecule has 1 saturated heterocycles. The summed E-state index contributed by atoms with van der Waals surface area (Å²) < 4.78 is 6.79. The summed E-state index contributed by atoms with van der Waals surface area (Å²) in [4.78, 5) is 10.8. The predicted molar refractivity (Wildman–Crippen MR) is 71.6 cm³/mol. The molecule has 1 fully saturated rings. The number of halogens is 1. The molecule has 0 spiro atoms. The van der Waals surface area contributed by atoms with Gasteiger partial charge in [-0.2, -0.15) is 0 Å². The van der Waals surface area contributed by atoms with Gasteiger partial charge in [-0.25, -0.2) is 9.97 Å². The van der Waals surface area contributed by atoms with Gasteiger partial charge in [0.05, 0.1) is 22.3 Å². The quantitative estimate of drug-likeness (QED) is 0.777. The summed E-state index contributed by atoms with van der Waals surface area (Å²) in [5.41, 5.74) is 0. The molecule has 0 saturated carbocycles. The largest absolute Gasteiger partial charge is 0.375 e. The minimum absolute atomic E-state index is 0.272. The van der Waals surface area contributed by atoms with E-state index in [1.807, 2.05) is 6.20 Å². The van der Waals surface area contributed by atoms with E-state index in [1.165, 1.54) is 0 Å². The van der Waals surface area contributed by atoms with Gasteiger partial charge in [-0.1, -0.05) is 6.92 Å². The molecule has 2 atom stereocenters. The first kappa shape index (κ1) is 12.0. The van der Waals surface area contributed by atoms with E-state index in [2.05, 4.69) is 51.3 Å². The molecule has 0 aliphatic carbocycles. The fourth-order valence-electron chi connectivity index (χ4n) is 1.96. The third-order valence-corrected chi connectivity index (χ3v) is 3.62. The van der Waals surface area contributed by atoms with Gasteiger partial charge < -0.3 is 9.64 Å². The summed E-state index contributed by atoms with van der Waals surface area (Å²) in [5.74, 6) is 1.04. The van der Waals surface area contributed by atoms with Crippen molar-refractivity contribution in [2.24, 2.45) is 0 Å². The van der Waals surface area contributed by atoms with E-state index in [4.69, 9.17) is 4.74 Å². The number of aromatic nitrogens is 2. The average Bonchev–Trinajstić information content (AvgIpc) is 2.29. The van der Waals surface area contributed by atoms with Gasteiger partial charge in [-0.15, -0.1) is 0 Å². The predicted octanol–water partition coefficient (Wildman–Crippen LogP) is 2.08. The van der Waals surface area contributed by atoms with Crippen LogP contribution in [0.5, 0.6) is 0 Å². The van der Waals surface area contributed by atoms with Crippen LogP contribution in [-0.4, -0.2) is 35.3 Å². The van der Waals surface area contributed by atoms with Crippen molar-refractivity contribution in [2.75, 3.05) is 18.1 Å². The maximum absolute atomic E-state index is 5.69. The van der Waals surface area contributed by atoms with E-state index >= 15 is 0 Å². The van der Waals surface area contributed by atoms with E-state index in [9.17, 15) is 0 Å². The third-order valence-electron chi connectivity index (χ3n) is 2.86. The van der Waals surface area contributed by atoms with Crippen LogP contribution in [0.4, 0.5) is 5.82 Å². The first-order valence-corrected chi connectivity index (χ1v) is 6.64. The molecule has 1 aromatic heterocycles. The number of anilines is 1. The SMILES string of the molecule is CCC1COC(C)CN1c1ncncc1I. The van der Waals surface area contributed by atoms with Crippen molar-refractivity contribution in [3.63, 3.8) is 0 Å². The molecule has 0 aromatic carbocycles. The zero-order chi connectivity index (χ0) is 11.5. The number of hydrogen-bond acceptors (Lipinski definition) is 4. The highest BCUT2D eigenvalue weighted by atomic mass is 127. The van der Waals surface area contributed by atoms with Gasteiger partial charge in [0.15, 0.2) is 0 Å². The Bertz CT molecular complexity index is 361. The van der Waals surface area contributed by atoms with Crippen LogP contribution in [0.15, 0.2) is 12.5 Å². The summed E-state index contributed by atoms with van der Waals surface area (Å²) in [5, 5.41) is 0. The molecule has 0 amide bonds. The van der Waals surface area contributed by atoms with Crippen LogP contribution in [0, 0.1) is 3.57 Å². The average molecular weight is 333 g/mol. The smallest absolute Gasteiger partial charge is 0.145 e. The molecule has 1 aromatic rings. The van der Waals surface area contributed by atoms with Gasteiger partial charge in [-0.05, 0) is 35.9 Å². The van der Waals surface area contributed by atoms with E-state index in [0.29, 0.717) is 6.04 Å². The molecular formula is C11H16IN3O. The van der Waals surface area contributed by atoms with E-state index in [1.54, 1.807) is 6.33 Å². The van der Waals surface area contributed by atoms with Crippen LogP contribution < -0.4 is 4.90 Å². The Balaban J connectivity index is 2.26. The van der Waals surface area contributed by atoms with Crippen molar-refractivity contribution in [2.45, 2.75) is 32.4 Å². The normalized spacial score (nSPS) is 25.8. The molecule has 0 radical (unpaired) electrons. The van der Waals surface area contributed by atoms with Crippen LogP contribution in [0.3, 0.4) is 0 Å². The monoisotopic (exact) mass is 333 g/mol. The Morgan fingerprint density at radius 2 is 2.44 bits per heavy atom. The zero-order valence-electron chi connectivity index (χ0n) is 9.56. The molecule has 4 nitrogen and oxygen atoms in total. The standard InChI is InChI=1S/C11H16IN3O/c1-3-9-6-16-8(2)5-15(9)11-10(12)4-13-7-14-11/h4,7-9H,3,5-6H2,1-2H3. The molecule has 2 rings (SSSR count). The second-order valence-electron chi connectivity index (χ2n) is 4.05. The van der Waals surface area contributed by atoms with Gasteiger partial charge in [0.1, 0.15) is 12.1 Å². The van der Waals surface area contributed by atoms with Crippen LogP contribution in [0.25, 0.3) is 0 Å². The Hall–Kier alpha value is -0.430. The van der Waals surface area contributed by atoms with Gasteiger partial charge in [0.25, 0.3) is 0 Å². The zero-order valence-corrected chi connectivity index (χ0v) is 11.7. The maximum Gasteiger partial charge on any atom is 0.145 e. The van der Waals surface area contributed by atoms with Crippen molar-refractivity contribution in [1.82, 2.24) is 9.97 Å². The molecule has 88 valence electrons. The number of nitrogens with zero attached hydrogens (tertiary/aromatic N) is 3. The Kier molecular flexibility index (Phi) is 3.96. The lowest BCUT2D eigenvalue weighted by molar-refractivity contribution is 0.0295. The van der Waals surface area contributed by atoms with Crippen molar-refractivity contribution >= 4 is 28.4 Å². The summed E-state index contributed by atoms with van der Waals surface area (Å²) in [7, 11) is 0. The third kappa shape index (κ3) is 2.45. The minimum atomic E-state index is 0.272. The van der Waals surface area contributed by atoms with Gasteiger partial charge in [0.2, 0.25) is 0 Å². The molecule has 1 aliphatic rings. The van der Waals surface area contributed by atoms with Gasteiger partial charge >= 0.3 is 0 Å². The summed E-state index contributed by atoms with van der Waals surface area (Å²) in [6.45, 7) is 5.99. The molecule has 2 unspecified atom stereocenters. The summed E-state index contributed by atoms with van der Waals surface area (Å²) >= 11 is 2.29. The van der Waals surface area contributed by atoms with E-state index in [0.717, 1.165) is 29.0 Å². The molecular weight excluding hydrogens is 317 g/mol. The topological polar surface area (TPSA) is 38.2 Å². The Morgan fingerprint density at radius 1 is 1.62 bits per heavy atom. The van der Waals surface area contributed by atoms with Crippen molar-refractivity contribution < 1.29 is 4.74 Å². The van der Waals surface area contributed by atoms with E-state index in [-0.39, 0.29) is 6.10 Å². The Morgan fingerprint density at radius 3 is 3.12 bits per heavy atom. The number of ether oxygens (including phenoxy) is 1. The summed E-state index contributed by atoms with van der Waals surface area (Å²) in [6, 6.07) is 0.430. The van der Waals surface area contributed by atoms with Gasteiger partial charge in [0, 0.05) is 12.7 Å². The molecule has 1 aliphatic heterocycles. The number of rotatable bonds is 2. The van der Waals surface area contributed by atoms with Crippen LogP contribution in [0.2, 0.25) is 0 Å². The molecule has 2 heterocycles. The maximum atomic E-state index is 5.69. The van der Waals surface area contributed by atoms with Crippen LogP contribution >= 0.6 is 22.6 Å². The van der Waals surface area contributed by atoms with Crippen molar-refractivity contribution in [3.8, 4) is 0 Å². The number of hydrogen-bond donors (Lipinski definition) is 0. The lowest BCUT2D eigenvalue weighted by Crippen LogP contribution is -2.49. The second-order valence-corrected chi connectivity index (χ2v) is 5.21. The van der Waals surface area contributed by atoms with Crippen molar-refractivity contribution in [1.29, 1.82) is 0 Å². The lowest BCUT2D eigenvalue weighted by Gasteiger charge is -2.39. The fourth-order valence-corrected chi connectivity index (χ4v) is 2.57. The van der Waals surface area contributed by atoms with Crippen molar-refractivity contribution in [3.05, 3.63) is 16.1 Å². The highest BCUT2D eigenvalue weighted by molar-refractivity contribution is 14.1. The minimum Gasteiger partial charge on any atom is -0.375 e. The summed E-state index contributed by atoms with van der Waals surface area (Å²) in [6.07, 6.45) is 4.82. The first-order valence-electron chi connectivity index (χ1n) is 5.56. The first-order chi connectivity index (χ1) is 7.72. The van der Waals surface area contributed by atoms with Crippen LogP contribution in [-0.2, 0) is 4.74 Å². The van der Waals surface area contributed by atoms with Crippen LogP contribution in [0.1, 0.15) is 20.3 Å². The number of morpholine rings is 1. The molecule has 5 heteroatoms. The lowest BCUT2D eigenvalue weighted by atomic mass is 10.1. The van der Waals surface area contributed by atoms with E-state index < -0.39 is 0 Å².